The Morgan fingerprint density at radius 3 is 2.76 bits per heavy atom. The molecule has 1 fully saturated rings. The van der Waals surface area contributed by atoms with Gasteiger partial charge in [-0.05, 0) is 24.8 Å². The van der Waals surface area contributed by atoms with E-state index in [0.29, 0.717) is 19.3 Å². The van der Waals surface area contributed by atoms with Gasteiger partial charge < -0.3 is 10.2 Å². The molecule has 1 spiro atoms. The maximum atomic E-state index is 13.8. The van der Waals surface area contributed by atoms with Crippen molar-refractivity contribution in [2.24, 2.45) is 5.92 Å². The molecule has 3 nitrogen and oxygen atoms in total. The minimum Gasteiger partial charge on any atom is -0.505 e. The lowest BCUT2D eigenvalue weighted by molar-refractivity contribution is -0.139. The van der Waals surface area contributed by atoms with Gasteiger partial charge in [-0.2, -0.15) is 0 Å². The van der Waals surface area contributed by atoms with Gasteiger partial charge in [0, 0.05) is 17.0 Å². The number of halogens is 2. The fourth-order valence-corrected chi connectivity index (χ4v) is 3.07. The van der Waals surface area contributed by atoms with Crippen LogP contribution in [0.4, 0.5) is 8.78 Å². The Hall–Kier alpha value is -1.65. The zero-order valence-corrected chi connectivity index (χ0v) is 8.83. The molecule has 1 aromatic carbocycles. The van der Waals surface area contributed by atoms with Crippen LogP contribution in [0.1, 0.15) is 24.0 Å². The molecular formula is C12H10F2O3. The summed E-state index contributed by atoms with van der Waals surface area (Å²) in [4.78, 5) is 10.9. The summed E-state index contributed by atoms with van der Waals surface area (Å²) in [5.74, 6) is -3.88. The van der Waals surface area contributed by atoms with E-state index in [9.17, 15) is 18.7 Å². The molecule has 1 aromatic rings. The van der Waals surface area contributed by atoms with Crippen molar-refractivity contribution >= 4 is 5.97 Å². The molecule has 2 unspecified atom stereocenters. The maximum Gasteiger partial charge on any atom is 0.307 e. The van der Waals surface area contributed by atoms with Crippen LogP contribution in [0, 0.1) is 17.6 Å². The van der Waals surface area contributed by atoms with E-state index in [1.807, 2.05) is 0 Å². The Bertz CT molecular complexity index is 541. The number of rotatable bonds is 1. The van der Waals surface area contributed by atoms with Crippen molar-refractivity contribution in [1.29, 1.82) is 0 Å². The first kappa shape index (κ1) is 10.5. The second-order valence-electron chi connectivity index (χ2n) is 4.80. The fourth-order valence-electron chi connectivity index (χ4n) is 3.07. The predicted octanol–water partition coefficient (Wildman–Crippen LogP) is 1.96. The van der Waals surface area contributed by atoms with Gasteiger partial charge in [-0.1, -0.05) is 0 Å². The van der Waals surface area contributed by atoms with Crippen molar-refractivity contribution in [2.75, 3.05) is 0 Å². The van der Waals surface area contributed by atoms with Crippen LogP contribution >= 0.6 is 0 Å². The van der Waals surface area contributed by atoms with Crippen molar-refractivity contribution in [3.63, 3.8) is 0 Å². The number of aliphatic carboxylic acids is 1. The first-order valence-corrected chi connectivity index (χ1v) is 5.40. The monoisotopic (exact) mass is 240 g/mol. The molecule has 2 atom stereocenters. The molecular weight excluding hydrogens is 230 g/mol. The summed E-state index contributed by atoms with van der Waals surface area (Å²) in [5.41, 5.74) is -0.475. The van der Waals surface area contributed by atoms with Crippen LogP contribution in [0.3, 0.4) is 0 Å². The van der Waals surface area contributed by atoms with E-state index >= 15 is 0 Å². The zero-order valence-electron chi connectivity index (χ0n) is 8.83. The molecule has 0 aromatic heterocycles. The third kappa shape index (κ3) is 1.16. The number of fused-ring (bicyclic) bond motifs is 2. The maximum absolute atomic E-state index is 13.8. The highest BCUT2D eigenvalue weighted by atomic mass is 19.1. The van der Waals surface area contributed by atoms with E-state index in [0.717, 1.165) is 6.07 Å². The molecule has 0 bridgehead atoms. The summed E-state index contributed by atoms with van der Waals surface area (Å²) in [6.45, 7) is 0. The summed E-state index contributed by atoms with van der Waals surface area (Å²) < 4.78 is 27.4. The van der Waals surface area contributed by atoms with Gasteiger partial charge in [0.05, 0.1) is 5.92 Å². The van der Waals surface area contributed by atoms with Gasteiger partial charge in [0.1, 0.15) is 5.82 Å². The molecule has 2 aliphatic carbocycles. The highest BCUT2D eigenvalue weighted by molar-refractivity contribution is 5.78. The summed E-state index contributed by atoms with van der Waals surface area (Å²) >= 11 is 0. The van der Waals surface area contributed by atoms with Gasteiger partial charge >= 0.3 is 5.97 Å². The van der Waals surface area contributed by atoms with E-state index in [4.69, 9.17) is 5.11 Å². The topological polar surface area (TPSA) is 57.5 Å². The van der Waals surface area contributed by atoms with Gasteiger partial charge in [0.2, 0.25) is 0 Å². The third-order valence-corrected chi connectivity index (χ3v) is 3.99. The summed E-state index contributed by atoms with van der Waals surface area (Å²) in [5, 5.41) is 18.2. The lowest BCUT2D eigenvalue weighted by atomic mass is 9.94. The van der Waals surface area contributed by atoms with E-state index in [1.54, 1.807) is 0 Å². The van der Waals surface area contributed by atoms with E-state index in [1.165, 1.54) is 0 Å². The molecule has 0 radical (unpaired) electrons. The minimum atomic E-state index is -0.985. The lowest BCUT2D eigenvalue weighted by Gasteiger charge is -2.12. The number of carbonyl (C=O) groups is 1. The Morgan fingerprint density at radius 1 is 1.47 bits per heavy atom. The molecule has 0 heterocycles. The Kier molecular flexibility index (Phi) is 1.83. The smallest absolute Gasteiger partial charge is 0.307 e. The lowest BCUT2D eigenvalue weighted by Crippen LogP contribution is -2.13. The first-order valence-electron chi connectivity index (χ1n) is 5.40. The standard InChI is InChI=1S/C12H10F2O3/c13-7-3-8(15)10(14)9-5(7)1-2-12(9)4-6(12)11(16)17/h3,6,15H,1-2,4H2,(H,16,17). The van der Waals surface area contributed by atoms with Crippen LogP contribution in [-0.2, 0) is 16.6 Å². The Labute approximate surface area is 95.7 Å². The number of phenols is 1. The Balaban J connectivity index is 2.18. The average molecular weight is 240 g/mol. The average Bonchev–Trinajstić information content (AvgIpc) is 2.83. The molecule has 3 rings (SSSR count). The first-order chi connectivity index (χ1) is 7.97. The molecule has 5 heteroatoms. The molecule has 0 amide bonds. The normalized spacial score (nSPS) is 29.4. The number of aromatic hydroxyl groups is 1. The molecule has 2 aliphatic rings. The highest BCUT2D eigenvalue weighted by Gasteiger charge is 2.63. The van der Waals surface area contributed by atoms with Gasteiger partial charge in [-0.15, -0.1) is 0 Å². The van der Waals surface area contributed by atoms with Gasteiger partial charge in [0.25, 0.3) is 0 Å². The second-order valence-corrected chi connectivity index (χ2v) is 4.80. The van der Waals surface area contributed by atoms with Gasteiger partial charge in [0.15, 0.2) is 11.6 Å². The second kappa shape index (κ2) is 2.97. The van der Waals surface area contributed by atoms with Crippen molar-refractivity contribution in [3.8, 4) is 5.75 Å². The molecule has 0 aliphatic heterocycles. The number of carboxylic acids is 1. The molecule has 17 heavy (non-hydrogen) atoms. The van der Waals surface area contributed by atoms with Gasteiger partial charge in [-0.3, -0.25) is 4.79 Å². The van der Waals surface area contributed by atoms with Crippen LogP contribution in [-0.4, -0.2) is 16.2 Å². The zero-order chi connectivity index (χ0) is 12.4. The molecule has 1 saturated carbocycles. The number of benzene rings is 1. The summed E-state index contributed by atoms with van der Waals surface area (Å²) in [6.07, 6.45) is 1.11. The summed E-state index contributed by atoms with van der Waals surface area (Å²) in [7, 11) is 0. The molecule has 0 saturated heterocycles. The third-order valence-electron chi connectivity index (χ3n) is 3.99. The van der Waals surface area contributed by atoms with Crippen LogP contribution < -0.4 is 0 Å². The summed E-state index contributed by atoms with van der Waals surface area (Å²) in [6, 6.07) is 0.755. The van der Waals surface area contributed by atoms with E-state index in [-0.39, 0.29) is 11.1 Å². The number of hydrogen-bond donors (Lipinski definition) is 2. The van der Waals surface area contributed by atoms with Crippen LogP contribution in [0.2, 0.25) is 0 Å². The highest BCUT2D eigenvalue weighted by Crippen LogP contribution is 2.63. The van der Waals surface area contributed by atoms with Crippen molar-refractivity contribution in [3.05, 3.63) is 28.8 Å². The van der Waals surface area contributed by atoms with Crippen LogP contribution in [0.15, 0.2) is 6.07 Å². The van der Waals surface area contributed by atoms with Crippen molar-refractivity contribution < 1.29 is 23.8 Å². The van der Waals surface area contributed by atoms with Crippen molar-refractivity contribution in [2.45, 2.75) is 24.7 Å². The number of hydrogen-bond acceptors (Lipinski definition) is 2. The van der Waals surface area contributed by atoms with Gasteiger partial charge in [-0.25, -0.2) is 8.78 Å². The van der Waals surface area contributed by atoms with E-state index < -0.39 is 34.7 Å². The Morgan fingerprint density at radius 2 is 2.18 bits per heavy atom. The number of phenolic OH excluding ortho intramolecular Hbond substituents is 1. The van der Waals surface area contributed by atoms with Crippen LogP contribution in [0.25, 0.3) is 0 Å². The minimum absolute atomic E-state index is 0.0856. The SMILES string of the molecule is O=C(O)C1CC12CCc1c(F)cc(O)c(F)c12. The fraction of sp³-hybridized carbons (Fsp3) is 0.417. The molecule has 2 N–H and O–H groups in total. The van der Waals surface area contributed by atoms with Crippen LogP contribution in [0.5, 0.6) is 5.75 Å². The number of carboxylic acid groups (broad SMARTS) is 1. The quantitative estimate of drug-likeness (QED) is 0.788. The van der Waals surface area contributed by atoms with E-state index in [2.05, 4.69) is 0 Å². The largest absolute Gasteiger partial charge is 0.505 e. The molecule has 90 valence electrons. The predicted molar refractivity (Wildman–Crippen MR) is 53.8 cm³/mol. The van der Waals surface area contributed by atoms with Crippen molar-refractivity contribution in [1.82, 2.24) is 0 Å².